The third kappa shape index (κ3) is 7.61. The fraction of sp³-hybridized carbons (Fsp3) is 0.607. The molecule has 2 aromatic rings. The Labute approximate surface area is 255 Å². The fourth-order valence-corrected chi connectivity index (χ4v) is 8.77. The van der Waals surface area contributed by atoms with Crippen molar-refractivity contribution >= 4 is 56.4 Å². The van der Waals surface area contributed by atoms with Crippen molar-refractivity contribution in [3.05, 3.63) is 32.9 Å². The highest BCUT2D eigenvalue weighted by Gasteiger charge is 2.41. The summed E-state index contributed by atoms with van der Waals surface area (Å²) in [5.41, 5.74) is -0.602. The summed E-state index contributed by atoms with van der Waals surface area (Å²) in [6, 6.07) is 3.02. The van der Waals surface area contributed by atoms with Gasteiger partial charge in [0.15, 0.2) is 5.01 Å². The summed E-state index contributed by atoms with van der Waals surface area (Å²) < 4.78 is 33.9. The quantitative estimate of drug-likeness (QED) is 0.308. The van der Waals surface area contributed by atoms with Crippen LogP contribution in [0.4, 0.5) is 0 Å². The molecule has 0 unspecified atom stereocenters. The van der Waals surface area contributed by atoms with Crippen molar-refractivity contribution in [2.24, 2.45) is 11.3 Å². The second-order valence-corrected chi connectivity index (χ2v) is 15.4. The minimum absolute atomic E-state index is 0.0304. The van der Waals surface area contributed by atoms with Crippen LogP contribution in [0.5, 0.6) is 0 Å². The zero-order valence-electron chi connectivity index (χ0n) is 23.5. The van der Waals surface area contributed by atoms with E-state index in [2.05, 4.69) is 10.0 Å². The first-order valence-corrected chi connectivity index (χ1v) is 16.9. The van der Waals surface area contributed by atoms with Crippen molar-refractivity contribution in [3.8, 4) is 10.4 Å². The van der Waals surface area contributed by atoms with Crippen LogP contribution in [0.3, 0.4) is 0 Å². The lowest BCUT2D eigenvalue weighted by atomic mass is 9.80. The van der Waals surface area contributed by atoms with Gasteiger partial charge in [0, 0.05) is 30.9 Å². The monoisotopic (exact) mass is 645 g/mol. The first-order valence-electron chi connectivity index (χ1n) is 13.8. The predicted octanol–water partition coefficient (Wildman–Crippen LogP) is 5.93. The first kappa shape index (κ1) is 32.2. The van der Waals surface area contributed by atoms with Gasteiger partial charge in [0.1, 0.15) is 4.90 Å². The third-order valence-electron chi connectivity index (χ3n) is 7.61. The average molecular weight is 647 g/mol. The van der Waals surface area contributed by atoms with Gasteiger partial charge in [0.2, 0.25) is 10.0 Å². The number of carbonyl (C=O) groups excluding carboxylic acids is 1. The number of amides is 1. The minimum Gasteiger partial charge on any atom is -0.481 e. The molecule has 1 saturated carbocycles. The van der Waals surface area contributed by atoms with E-state index in [4.69, 9.17) is 32.9 Å². The second kappa shape index (κ2) is 12.9. The Kier molecular flexibility index (Phi) is 10.1. The standard InChI is InChI=1S/C28H37Cl2N3O6S2/c1-27(2,3)33-41(37,38)20-10-9-18(21(29)22(20)30)23-19(15-17-7-5-4-6-8-17)32-25(40-23)24(34)31-16-28(26(35)36)11-13-39-14-12-28/h9-10,17,33H,4-8,11-16H2,1-3H3,(H,31,34)(H,35,36). The largest absolute Gasteiger partial charge is 0.481 e. The lowest BCUT2D eigenvalue weighted by molar-refractivity contribution is -0.154. The molecule has 1 aliphatic heterocycles. The van der Waals surface area contributed by atoms with E-state index in [1.165, 1.54) is 12.5 Å². The van der Waals surface area contributed by atoms with Crippen molar-refractivity contribution in [3.63, 3.8) is 0 Å². The summed E-state index contributed by atoms with van der Waals surface area (Å²) in [6.45, 7) is 5.82. The number of aliphatic carboxylic acids is 1. The average Bonchev–Trinajstić information content (AvgIpc) is 3.31. The molecule has 2 heterocycles. The maximum Gasteiger partial charge on any atom is 0.311 e. The smallest absolute Gasteiger partial charge is 0.311 e. The molecule has 1 amide bonds. The van der Waals surface area contributed by atoms with Gasteiger partial charge in [-0.2, -0.15) is 0 Å². The van der Waals surface area contributed by atoms with Gasteiger partial charge in [0.25, 0.3) is 5.91 Å². The number of hydrogen-bond acceptors (Lipinski definition) is 7. The SMILES string of the molecule is CC(C)(C)NS(=O)(=O)c1ccc(-c2sc(C(=O)NCC3(C(=O)O)CCOCC3)nc2CC2CCCCC2)c(Cl)c1Cl. The molecule has 2 fully saturated rings. The van der Waals surface area contributed by atoms with Crippen molar-refractivity contribution < 1.29 is 27.9 Å². The summed E-state index contributed by atoms with van der Waals surface area (Å²) in [4.78, 5) is 30.5. The molecule has 1 aromatic heterocycles. The molecule has 1 aliphatic carbocycles. The zero-order chi connectivity index (χ0) is 30.0. The van der Waals surface area contributed by atoms with Crippen molar-refractivity contribution in [1.82, 2.24) is 15.0 Å². The Bertz CT molecular complexity index is 1390. The Morgan fingerprint density at radius 1 is 1.12 bits per heavy atom. The number of carboxylic acid groups (broad SMARTS) is 1. The maximum absolute atomic E-state index is 13.3. The van der Waals surface area contributed by atoms with Crippen LogP contribution in [0.1, 0.15) is 81.2 Å². The number of aromatic nitrogens is 1. The van der Waals surface area contributed by atoms with E-state index in [9.17, 15) is 23.1 Å². The fourth-order valence-electron chi connectivity index (χ4n) is 5.39. The van der Waals surface area contributed by atoms with E-state index in [0.29, 0.717) is 54.5 Å². The molecule has 9 nitrogen and oxygen atoms in total. The molecule has 41 heavy (non-hydrogen) atoms. The van der Waals surface area contributed by atoms with Crippen molar-refractivity contribution in [2.75, 3.05) is 19.8 Å². The molecule has 1 aromatic carbocycles. The Morgan fingerprint density at radius 2 is 1.78 bits per heavy atom. The van der Waals surface area contributed by atoms with E-state index in [1.807, 2.05) is 0 Å². The molecule has 0 bridgehead atoms. The van der Waals surface area contributed by atoms with Crippen molar-refractivity contribution in [2.45, 2.75) is 82.6 Å². The summed E-state index contributed by atoms with van der Waals surface area (Å²) in [5, 5.41) is 12.8. The van der Waals surface area contributed by atoms with Gasteiger partial charge in [-0.3, -0.25) is 9.59 Å². The number of halogens is 2. The van der Waals surface area contributed by atoms with Crippen LogP contribution < -0.4 is 10.0 Å². The Morgan fingerprint density at radius 3 is 2.39 bits per heavy atom. The molecule has 3 N–H and O–H groups in total. The Hall–Kier alpha value is -1.76. The summed E-state index contributed by atoms with van der Waals surface area (Å²) in [5.74, 6) is -1.02. The van der Waals surface area contributed by atoms with E-state index in [0.717, 1.165) is 37.0 Å². The number of carbonyl (C=O) groups is 2. The highest BCUT2D eigenvalue weighted by molar-refractivity contribution is 7.89. The van der Waals surface area contributed by atoms with Crippen LogP contribution in [-0.2, 0) is 26.0 Å². The van der Waals surface area contributed by atoms with Crippen LogP contribution in [0.2, 0.25) is 10.0 Å². The van der Waals surface area contributed by atoms with Gasteiger partial charge < -0.3 is 15.2 Å². The number of benzene rings is 1. The molecule has 226 valence electrons. The summed E-state index contributed by atoms with van der Waals surface area (Å²) in [6.07, 6.45) is 6.87. The zero-order valence-corrected chi connectivity index (χ0v) is 26.7. The highest BCUT2D eigenvalue weighted by atomic mass is 35.5. The molecular formula is C28H37Cl2N3O6S2. The number of hydrogen-bond donors (Lipinski definition) is 3. The van der Waals surface area contributed by atoms with Gasteiger partial charge in [0.05, 0.1) is 26.0 Å². The number of nitrogens with zero attached hydrogens (tertiary/aromatic N) is 1. The van der Waals surface area contributed by atoms with E-state index < -0.39 is 32.9 Å². The predicted molar refractivity (Wildman–Crippen MR) is 160 cm³/mol. The molecular weight excluding hydrogens is 609 g/mol. The van der Waals surface area contributed by atoms with E-state index in [1.54, 1.807) is 26.8 Å². The second-order valence-electron chi connectivity index (χ2n) is 12.0. The number of sulfonamides is 1. The van der Waals surface area contributed by atoms with Gasteiger partial charge in [-0.25, -0.2) is 18.1 Å². The molecule has 13 heteroatoms. The molecule has 0 radical (unpaired) electrons. The summed E-state index contributed by atoms with van der Waals surface area (Å²) in [7, 11) is -3.94. The van der Waals surface area contributed by atoms with Gasteiger partial charge >= 0.3 is 5.97 Å². The van der Waals surface area contributed by atoms with Gasteiger partial charge in [-0.1, -0.05) is 61.4 Å². The van der Waals surface area contributed by atoms with Gasteiger partial charge in [-0.05, 0) is 52.0 Å². The molecule has 4 rings (SSSR count). The molecule has 2 aliphatic rings. The maximum atomic E-state index is 13.3. The van der Waals surface area contributed by atoms with Crippen LogP contribution >= 0.6 is 34.5 Å². The topological polar surface area (TPSA) is 135 Å². The number of thiazole rings is 1. The van der Waals surface area contributed by atoms with E-state index in [-0.39, 0.29) is 26.5 Å². The third-order valence-corrected chi connectivity index (χ3v) is 11.5. The molecule has 1 saturated heterocycles. The highest BCUT2D eigenvalue weighted by Crippen LogP contribution is 2.43. The lowest BCUT2D eigenvalue weighted by Gasteiger charge is -2.32. The number of rotatable bonds is 9. The van der Waals surface area contributed by atoms with Crippen LogP contribution in [0.15, 0.2) is 17.0 Å². The Balaban J connectivity index is 1.67. The first-order chi connectivity index (χ1) is 19.2. The van der Waals surface area contributed by atoms with Crippen LogP contribution in [-0.4, -0.2) is 55.7 Å². The van der Waals surface area contributed by atoms with Gasteiger partial charge in [-0.15, -0.1) is 11.3 Å². The lowest BCUT2D eigenvalue weighted by Crippen LogP contribution is -2.46. The molecule has 0 spiro atoms. The minimum atomic E-state index is -3.94. The van der Waals surface area contributed by atoms with Crippen LogP contribution in [0.25, 0.3) is 10.4 Å². The van der Waals surface area contributed by atoms with Crippen molar-refractivity contribution in [1.29, 1.82) is 0 Å². The summed E-state index contributed by atoms with van der Waals surface area (Å²) >= 11 is 14.4. The number of nitrogens with one attached hydrogen (secondary N) is 2. The number of ether oxygens (including phenoxy) is 1. The molecule has 0 atom stereocenters. The normalized spacial score (nSPS) is 18.3. The van der Waals surface area contributed by atoms with Crippen LogP contribution in [0, 0.1) is 11.3 Å². The number of carboxylic acids is 1. The van der Waals surface area contributed by atoms with E-state index >= 15 is 0 Å².